The number of hydrogen-bond acceptors (Lipinski definition) is 3. The average molecular weight is 318 g/mol. The summed E-state index contributed by atoms with van der Waals surface area (Å²) in [6.45, 7) is 7.92. The van der Waals surface area contributed by atoms with E-state index in [2.05, 4.69) is 42.3 Å². The zero-order chi connectivity index (χ0) is 16.8. The first-order valence-corrected chi connectivity index (χ1v) is 8.72. The first kappa shape index (κ1) is 18.0. The maximum absolute atomic E-state index is 12.4. The smallest absolute Gasteiger partial charge is 0.234 e. The number of carbonyl (C=O) groups excluding carboxylic acids is 1. The van der Waals surface area contributed by atoms with Gasteiger partial charge in [0.1, 0.15) is 0 Å². The van der Waals surface area contributed by atoms with Crippen LogP contribution in [0.15, 0.2) is 18.2 Å². The Bertz CT molecular complexity index is 530. The first-order valence-electron chi connectivity index (χ1n) is 8.72. The van der Waals surface area contributed by atoms with Crippen molar-refractivity contribution >= 4 is 5.91 Å². The fraction of sp³-hybridized carbons (Fsp3) is 0.632. The number of nitrogens with zero attached hydrogens (tertiary/aromatic N) is 1. The standard InChI is InChI=1S/C19H30N2O2/c1-14-8-9-17(12-15(14)2)16(3)20-19(23)13-21-10-4-6-18(21)7-5-11-22/h8-9,12,16,18,22H,4-7,10-11,13H2,1-3H3,(H,20,23). The number of carbonyl (C=O) groups is 1. The van der Waals surface area contributed by atoms with Crippen molar-refractivity contribution in [1.82, 2.24) is 10.2 Å². The molecule has 23 heavy (non-hydrogen) atoms. The van der Waals surface area contributed by atoms with E-state index >= 15 is 0 Å². The lowest BCUT2D eigenvalue weighted by Gasteiger charge is -2.25. The van der Waals surface area contributed by atoms with Gasteiger partial charge in [0.15, 0.2) is 0 Å². The van der Waals surface area contributed by atoms with Crippen molar-refractivity contribution < 1.29 is 9.90 Å². The Morgan fingerprint density at radius 2 is 2.17 bits per heavy atom. The Hall–Kier alpha value is -1.39. The van der Waals surface area contributed by atoms with E-state index in [1.54, 1.807) is 0 Å². The number of benzene rings is 1. The summed E-state index contributed by atoms with van der Waals surface area (Å²) in [6.07, 6.45) is 4.09. The van der Waals surface area contributed by atoms with Crippen molar-refractivity contribution in [2.24, 2.45) is 0 Å². The third-order valence-corrected chi connectivity index (χ3v) is 4.95. The predicted molar refractivity (Wildman–Crippen MR) is 93.4 cm³/mol. The summed E-state index contributed by atoms with van der Waals surface area (Å²) in [7, 11) is 0. The molecule has 1 amide bonds. The third kappa shape index (κ3) is 5.05. The molecule has 1 aromatic carbocycles. The van der Waals surface area contributed by atoms with Crippen LogP contribution in [0.3, 0.4) is 0 Å². The maximum atomic E-state index is 12.4. The number of rotatable bonds is 7. The topological polar surface area (TPSA) is 52.6 Å². The van der Waals surface area contributed by atoms with Crippen LogP contribution in [0, 0.1) is 13.8 Å². The minimum atomic E-state index is 0.0281. The molecule has 0 radical (unpaired) electrons. The van der Waals surface area contributed by atoms with Crippen molar-refractivity contribution in [2.75, 3.05) is 19.7 Å². The predicted octanol–water partition coefficient (Wildman–Crippen LogP) is 2.72. The van der Waals surface area contributed by atoms with Crippen LogP contribution in [0.1, 0.15) is 55.3 Å². The van der Waals surface area contributed by atoms with Gasteiger partial charge in [-0.15, -0.1) is 0 Å². The van der Waals surface area contributed by atoms with Crippen LogP contribution in [0.2, 0.25) is 0 Å². The van der Waals surface area contributed by atoms with Gasteiger partial charge in [0.2, 0.25) is 5.91 Å². The van der Waals surface area contributed by atoms with Gasteiger partial charge in [0, 0.05) is 12.6 Å². The first-order chi connectivity index (χ1) is 11.0. The molecule has 4 nitrogen and oxygen atoms in total. The molecule has 1 aliphatic rings. The molecule has 0 aliphatic carbocycles. The summed E-state index contributed by atoms with van der Waals surface area (Å²) in [6, 6.07) is 6.83. The molecule has 1 aliphatic heterocycles. The van der Waals surface area contributed by atoms with Gasteiger partial charge in [-0.2, -0.15) is 0 Å². The largest absolute Gasteiger partial charge is 0.396 e. The monoisotopic (exact) mass is 318 g/mol. The average Bonchev–Trinajstić information content (AvgIpc) is 2.94. The fourth-order valence-electron chi connectivity index (χ4n) is 3.35. The van der Waals surface area contributed by atoms with Crippen LogP contribution in [-0.4, -0.2) is 41.7 Å². The molecule has 2 atom stereocenters. The molecule has 0 spiro atoms. The van der Waals surface area contributed by atoms with Gasteiger partial charge in [0.25, 0.3) is 0 Å². The van der Waals surface area contributed by atoms with E-state index in [1.807, 2.05) is 6.92 Å². The summed E-state index contributed by atoms with van der Waals surface area (Å²) < 4.78 is 0. The van der Waals surface area contributed by atoms with Crippen LogP contribution in [0.25, 0.3) is 0 Å². The molecule has 1 fully saturated rings. The van der Waals surface area contributed by atoms with Gasteiger partial charge in [-0.05, 0) is 69.7 Å². The lowest BCUT2D eigenvalue weighted by molar-refractivity contribution is -0.123. The molecule has 2 unspecified atom stereocenters. The molecular weight excluding hydrogens is 288 g/mol. The summed E-state index contributed by atoms with van der Waals surface area (Å²) in [4.78, 5) is 14.6. The highest BCUT2D eigenvalue weighted by atomic mass is 16.3. The van der Waals surface area contributed by atoms with Crippen LogP contribution in [0.5, 0.6) is 0 Å². The zero-order valence-electron chi connectivity index (χ0n) is 14.6. The molecule has 0 bridgehead atoms. The minimum absolute atomic E-state index is 0.0281. The lowest BCUT2D eigenvalue weighted by Crippen LogP contribution is -2.40. The number of aliphatic hydroxyl groups is 1. The van der Waals surface area contributed by atoms with Crippen LogP contribution >= 0.6 is 0 Å². The molecule has 0 saturated carbocycles. The summed E-state index contributed by atoms with van der Waals surface area (Å²) in [5.41, 5.74) is 3.68. The van der Waals surface area contributed by atoms with Crippen molar-refractivity contribution in [3.63, 3.8) is 0 Å². The second-order valence-corrected chi connectivity index (χ2v) is 6.77. The molecule has 2 N–H and O–H groups in total. The van der Waals surface area contributed by atoms with E-state index in [1.165, 1.54) is 11.1 Å². The van der Waals surface area contributed by atoms with Crippen LogP contribution in [-0.2, 0) is 4.79 Å². The lowest BCUT2D eigenvalue weighted by atomic mass is 10.0. The normalized spacial score (nSPS) is 19.7. The second-order valence-electron chi connectivity index (χ2n) is 6.77. The highest BCUT2D eigenvalue weighted by Gasteiger charge is 2.26. The van der Waals surface area contributed by atoms with Crippen LogP contribution < -0.4 is 5.32 Å². The van der Waals surface area contributed by atoms with E-state index in [-0.39, 0.29) is 18.6 Å². The van der Waals surface area contributed by atoms with Gasteiger partial charge in [-0.1, -0.05) is 18.2 Å². The van der Waals surface area contributed by atoms with Crippen molar-refractivity contribution in [3.05, 3.63) is 34.9 Å². The van der Waals surface area contributed by atoms with Crippen molar-refractivity contribution in [1.29, 1.82) is 0 Å². The van der Waals surface area contributed by atoms with Gasteiger partial charge in [-0.25, -0.2) is 0 Å². The van der Waals surface area contributed by atoms with E-state index < -0.39 is 0 Å². The second kappa shape index (κ2) is 8.46. The molecule has 1 heterocycles. The minimum Gasteiger partial charge on any atom is -0.396 e. The SMILES string of the molecule is Cc1ccc(C(C)NC(=O)CN2CCCC2CCCO)cc1C. The Labute approximate surface area is 139 Å². The van der Waals surface area contributed by atoms with E-state index in [9.17, 15) is 4.79 Å². The van der Waals surface area contributed by atoms with Gasteiger partial charge < -0.3 is 10.4 Å². The third-order valence-electron chi connectivity index (χ3n) is 4.95. The van der Waals surface area contributed by atoms with E-state index in [0.29, 0.717) is 12.6 Å². The molecule has 0 aromatic heterocycles. The molecule has 4 heteroatoms. The molecule has 2 rings (SSSR count). The van der Waals surface area contributed by atoms with Gasteiger partial charge in [0.05, 0.1) is 12.6 Å². The summed E-state index contributed by atoms with van der Waals surface area (Å²) in [5, 5.41) is 12.1. The number of likely N-dealkylation sites (tertiary alicyclic amines) is 1. The highest BCUT2D eigenvalue weighted by molar-refractivity contribution is 5.78. The van der Waals surface area contributed by atoms with Crippen molar-refractivity contribution in [3.8, 4) is 0 Å². The molecule has 128 valence electrons. The van der Waals surface area contributed by atoms with Crippen molar-refractivity contribution in [2.45, 2.75) is 58.5 Å². The zero-order valence-corrected chi connectivity index (χ0v) is 14.6. The Balaban J connectivity index is 1.87. The van der Waals surface area contributed by atoms with Crippen LogP contribution in [0.4, 0.5) is 0 Å². The van der Waals surface area contributed by atoms with Gasteiger partial charge in [-0.3, -0.25) is 9.69 Å². The van der Waals surface area contributed by atoms with Gasteiger partial charge >= 0.3 is 0 Å². The number of amides is 1. The summed E-state index contributed by atoms with van der Waals surface area (Å²) in [5.74, 6) is 0.0895. The maximum Gasteiger partial charge on any atom is 0.234 e. The fourth-order valence-corrected chi connectivity index (χ4v) is 3.35. The van der Waals surface area contributed by atoms with E-state index in [4.69, 9.17) is 5.11 Å². The summed E-state index contributed by atoms with van der Waals surface area (Å²) >= 11 is 0. The Morgan fingerprint density at radius 3 is 2.87 bits per heavy atom. The van der Waals surface area contributed by atoms with E-state index in [0.717, 1.165) is 37.8 Å². The number of aliphatic hydroxyl groups excluding tert-OH is 1. The number of hydrogen-bond donors (Lipinski definition) is 2. The Morgan fingerprint density at radius 1 is 1.39 bits per heavy atom. The number of aryl methyl sites for hydroxylation is 2. The molecular formula is C19H30N2O2. The quantitative estimate of drug-likeness (QED) is 0.813. The Kier molecular flexibility index (Phi) is 6.60. The molecule has 1 aromatic rings. The molecule has 1 saturated heterocycles. The number of nitrogens with one attached hydrogen (secondary N) is 1. The highest BCUT2D eigenvalue weighted by Crippen LogP contribution is 2.21.